The number of hydrogen-bond acceptors (Lipinski definition) is 2. The monoisotopic (exact) mass is 281 g/mol. The number of carbonyl (C=O) groups excluding carboxylic acids is 1. The molecule has 2 aliphatic rings. The van der Waals surface area contributed by atoms with Crippen molar-refractivity contribution in [3.63, 3.8) is 0 Å². The van der Waals surface area contributed by atoms with Crippen LogP contribution in [0.25, 0.3) is 0 Å². The summed E-state index contributed by atoms with van der Waals surface area (Å²) >= 11 is 0. The van der Waals surface area contributed by atoms with Gasteiger partial charge in [-0.05, 0) is 49.9 Å². The van der Waals surface area contributed by atoms with Gasteiger partial charge in [0.2, 0.25) is 5.91 Å². The van der Waals surface area contributed by atoms with Crippen molar-refractivity contribution in [1.82, 2.24) is 5.32 Å². The molecule has 2 saturated carbocycles. The lowest BCUT2D eigenvalue weighted by atomic mass is 9.77. The van der Waals surface area contributed by atoms with Crippen LogP contribution in [-0.2, 0) is 4.79 Å². The van der Waals surface area contributed by atoms with E-state index in [1.54, 1.807) is 0 Å². The topological polar surface area (TPSA) is 49.3 Å². The van der Waals surface area contributed by atoms with Gasteiger partial charge in [0.1, 0.15) is 0 Å². The van der Waals surface area contributed by atoms with Gasteiger partial charge >= 0.3 is 0 Å². The minimum Gasteiger partial charge on any atom is -0.396 e. The molecule has 2 unspecified atom stereocenters. The van der Waals surface area contributed by atoms with Gasteiger partial charge in [-0.2, -0.15) is 0 Å². The molecule has 2 rings (SSSR count). The molecule has 1 amide bonds. The highest BCUT2D eigenvalue weighted by atomic mass is 16.3. The second-order valence-electron chi connectivity index (χ2n) is 7.43. The summed E-state index contributed by atoms with van der Waals surface area (Å²) in [7, 11) is 0. The van der Waals surface area contributed by atoms with Gasteiger partial charge in [0.25, 0.3) is 0 Å². The molecule has 0 aromatic carbocycles. The Balaban J connectivity index is 1.89. The standard InChI is InChI=1S/C17H31NO2/c1-13(2)10-17(8-3-4-9-17)16(20)18-11-14-6-5-7-15(14)12-19/h13-15,19H,3-12H2,1-2H3,(H,18,20). The zero-order chi connectivity index (χ0) is 14.6. The van der Waals surface area contributed by atoms with Crippen molar-refractivity contribution in [2.45, 2.75) is 65.2 Å². The molecule has 2 atom stereocenters. The quantitative estimate of drug-likeness (QED) is 0.786. The average molecular weight is 281 g/mol. The van der Waals surface area contributed by atoms with Crippen LogP contribution in [0.5, 0.6) is 0 Å². The molecule has 3 nitrogen and oxygen atoms in total. The summed E-state index contributed by atoms with van der Waals surface area (Å²) in [6.07, 6.45) is 9.01. The number of rotatable bonds is 6. The summed E-state index contributed by atoms with van der Waals surface area (Å²) in [5.41, 5.74) is -0.0958. The van der Waals surface area contributed by atoms with Crippen molar-refractivity contribution in [3.05, 3.63) is 0 Å². The molecule has 2 fully saturated rings. The predicted molar refractivity (Wildman–Crippen MR) is 81.3 cm³/mol. The number of carbonyl (C=O) groups is 1. The van der Waals surface area contributed by atoms with E-state index in [4.69, 9.17) is 0 Å². The van der Waals surface area contributed by atoms with Crippen LogP contribution in [0.3, 0.4) is 0 Å². The summed E-state index contributed by atoms with van der Waals surface area (Å²) in [4.78, 5) is 12.7. The Kier molecular flexibility index (Phi) is 5.48. The van der Waals surface area contributed by atoms with Crippen LogP contribution in [-0.4, -0.2) is 24.2 Å². The molecule has 0 heterocycles. The van der Waals surface area contributed by atoms with E-state index in [9.17, 15) is 9.90 Å². The van der Waals surface area contributed by atoms with Gasteiger partial charge in [-0.15, -0.1) is 0 Å². The fourth-order valence-electron chi connectivity index (χ4n) is 4.39. The fourth-order valence-corrected chi connectivity index (χ4v) is 4.39. The van der Waals surface area contributed by atoms with E-state index >= 15 is 0 Å². The molecule has 0 aromatic heterocycles. The van der Waals surface area contributed by atoms with Crippen molar-refractivity contribution in [3.8, 4) is 0 Å². The first-order valence-electron chi connectivity index (χ1n) is 8.46. The third kappa shape index (κ3) is 3.55. The first-order valence-corrected chi connectivity index (χ1v) is 8.46. The zero-order valence-electron chi connectivity index (χ0n) is 13.2. The van der Waals surface area contributed by atoms with E-state index in [1.165, 1.54) is 19.3 Å². The predicted octanol–water partition coefficient (Wildman–Crippen LogP) is 3.12. The summed E-state index contributed by atoms with van der Waals surface area (Å²) in [5.74, 6) is 1.75. The Morgan fingerprint density at radius 3 is 2.45 bits per heavy atom. The van der Waals surface area contributed by atoms with Crippen molar-refractivity contribution in [1.29, 1.82) is 0 Å². The maximum atomic E-state index is 12.7. The Bertz CT molecular complexity index is 321. The zero-order valence-corrected chi connectivity index (χ0v) is 13.2. The van der Waals surface area contributed by atoms with Crippen molar-refractivity contribution >= 4 is 5.91 Å². The van der Waals surface area contributed by atoms with Crippen LogP contribution in [0.4, 0.5) is 0 Å². The van der Waals surface area contributed by atoms with Crippen LogP contribution in [0.2, 0.25) is 0 Å². The molecule has 2 aliphatic carbocycles. The fraction of sp³-hybridized carbons (Fsp3) is 0.941. The molecule has 2 N–H and O–H groups in total. The molecule has 0 saturated heterocycles. The summed E-state index contributed by atoms with van der Waals surface area (Å²) in [5, 5.41) is 12.6. The van der Waals surface area contributed by atoms with Gasteiger partial charge in [0.05, 0.1) is 0 Å². The van der Waals surface area contributed by atoms with Crippen LogP contribution in [0.15, 0.2) is 0 Å². The second kappa shape index (κ2) is 6.93. The molecule has 0 aromatic rings. The maximum Gasteiger partial charge on any atom is 0.226 e. The number of amides is 1. The molecular formula is C17H31NO2. The molecular weight excluding hydrogens is 250 g/mol. The van der Waals surface area contributed by atoms with Crippen LogP contribution in [0, 0.1) is 23.2 Å². The van der Waals surface area contributed by atoms with E-state index in [-0.39, 0.29) is 17.9 Å². The van der Waals surface area contributed by atoms with Gasteiger partial charge in [-0.25, -0.2) is 0 Å². The van der Waals surface area contributed by atoms with Crippen molar-refractivity contribution in [2.75, 3.05) is 13.2 Å². The highest BCUT2D eigenvalue weighted by molar-refractivity contribution is 5.82. The van der Waals surface area contributed by atoms with E-state index in [0.717, 1.165) is 38.6 Å². The molecule has 0 radical (unpaired) electrons. The molecule has 116 valence electrons. The van der Waals surface area contributed by atoms with Gasteiger partial charge in [-0.1, -0.05) is 33.1 Å². The molecule has 0 bridgehead atoms. The Hall–Kier alpha value is -0.570. The lowest BCUT2D eigenvalue weighted by molar-refractivity contribution is -0.132. The number of hydrogen-bond donors (Lipinski definition) is 2. The minimum absolute atomic E-state index is 0.0958. The Morgan fingerprint density at radius 1 is 1.20 bits per heavy atom. The van der Waals surface area contributed by atoms with Gasteiger partial charge in [0.15, 0.2) is 0 Å². The second-order valence-corrected chi connectivity index (χ2v) is 7.43. The van der Waals surface area contributed by atoms with E-state index in [1.807, 2.05) is 0 Å². The molecule has 0 aliphatic heterocycles. The first kappa shape index (κ1) is 15.8. The first-order chi connectivity index (χ1) is 9.57. The van der Waals surface area contributed by atoms with Gasteiger partial charge < -0.3 is 10.4 Å². The van der Waals surface area contributed by atoms with E-state index < -0.39 is 0 Å². The third-order valence-corrected chi connectivity index (χ3v) is 5.42. The maximum absolute atomic E-state index is 12.7. The number of nitrogens with one attached hydrogen (secondary N) is 1. The van der Waals surface area contributed by atoms with Gasteiger partial charge in [0, 0.05) is 18.6 Å². The smallest absolute Gasteiger partial charge is 0.226 e. The Morgan fingerprint density at radius 2 is 1.85 bits per heavy atom. The largest absolute Gasteiger partial charge is 0.396 e. The number of aliphatic hydroxyl groups excluding tert-OH is 1. The van der Waals surface area contributed by atoms with Crippen molar-refractivity contribution in [2.24, 2.45) is 23.2 Å². The molecule has 20 heavy (non-hydrogen) atoms. The van der Waals surface area contributed by atoms with Crippen LogP contribution in [0.1, 0.15) is 65.2 Å². The third-order valence-electron chi connectivity index (χ3n) is 5.42. The highest BCUT2D eigenvalue weighted by Gasteiger charge is 2.41. The molecule has 0 spiro atoms. The van der Waals surface area contributed by atoms with Crippen LogP contribution < -0.4 is 5.32 Å². The summed E-state index contributed by atoms with van der Waals surface area (Å²) in [6.45, 7) is 5.47. The summed E-state index contributed by atoms with van der Waals surface area (Å²) < 4.78 is 0. The van der Waals surface area contributed by atoms with E-state index in [0.29, 0.717) is 17.8 Å². The Labute approximate surface area is 123 Å². The molecule has 3 heteroatoms. The van der Waals surface area contributed by atoms with Crippen molar-refractivity contribution < 1.29 is 9.90 Å². The summed E-state index contributed by atoms with van der Waals surface area (Å²) in [6, 6.07) is 0. The minimum atomic E-state index is -0.0958. The highest BCUT2D eigenvalue weighted by Crippen LogP contribution is 2.43. The number of aliphatic hydroxyl groups is 1. The van der Waals surface area contributed by atoms with E-state index in [2.05, 4.69) is 19.2 Å². The van der Waals surface area contributed by atoms with Crippen LogP contribution >= 0.6 is 0 Å². The SMILES string of the molecule is CC(C)CC1(C(=O)NCC2CCCC2CO)CCCC1. The normalized spacial score (nSPS) is 29.0. The lowest BCUT2D eigenvalue weighted by Gasteiger charge is -2.30. The van der Waals surface area contributed by atoms with Gasteiger partial charge in [-0.3, -0.25) is 4.79 Å². The lowest BCUT2D eigenvalue weighted by Crippen LogP contribution is -2.42. The average Bonchev–Trinajstić information content (AvgIpc) is 3.04.